The lowest BCUT2D eigenvalue weighted by molar-refractivity contribution is 0.0867. The summed E-state index contributed by atoms with van der Waals surface area (Å²) in [5, 5.41) is 12.6. The molecule has 2 N–H and O–H groups in total. The average Bonchev–Trinajstić information content (AvgIpc) is 2.83. The highest BCUT2D eigenvalue weighted by Crippen LogP contribution is 2.29. The summed E-state index contributed by atoms with van der Waals surface area (Å²) in [5.41, 5.74) is 0.367. The first-order valence-electron chi connectivity index (χ1n) is 6.37. The minimum absolute atomic E-state index is 0.192. The van der Waals surface area contributed by atoms with Crippen molar-refractivity contribution in [1.29, 1.82) is 0 Å². The molecule has 104 valence electrons. The number of aliphatic hydroxyl groups is 1. The molecule has 5 heteroatoms. The van der Waals surface area contributed by atoms with E-state index < -0.39 is 6.10 Å². The summed E-state index contributed by atoms with van der Waals surface area (Å²) in [6, 6.07) is 4.99. The molecule has 2 unspecified atom stereocenters. The Kier molecular flexibility index (Phi) is 4.27. The molecule has 1 aliphatic carbocycles. The summed E-state index contributed by atoms with van der Waals surface area (Å²) in [5.74, 6) is 0.647. The number of ether oxygens (including phenoxy) is 2. The highest BCUT2D eigenvalue weighted by atomic mass is 16.5. The second-order valence-electron chi connectivity index (χ2n) is 4.62. The van der Waals surface area contributed by atoms with Gasteiger partial charge in [0.15, 0.2) is 0 Å². The van der Waals surface area contributed by atoms with E-state index in [0.29, 0.717) is 17.1 Å². The predicted molar refractivity (Wildman–Crippen MR) is 70.7 cm³/mol. The second-order valence-corrected chi connectivity index (χ2v) is 4.62. The van der Waals surface area contributed by atoms with Gasteiger partial charge in [0.25, 0.3) is 5.91 Å². The van der Waals surface area contributed by atoms with Gasteiger partial charge < -0.3 is 19.9 Å². The molecule has 0 aliphatic heterocycles. The summed E-state index contributed by atoms with van der Waals surface area (Å²) in [7, 11) is 3.02. The Morgan fingerprint density at radius 1 is 1.26 bits per heavy atom. The molecule has 0 heterocycles. The van der Waals surface area contributed by atoms with E-state index in [-0.39, 0.29) is 11.9 Å². The van der Waals surface area contributed by atoms with Crippen LogP contribution in [0.15, 0.2) is 18.2 Å². The van der Waals surface area contributed by atoms with Gasteiger partial charge in [-0.05, 0) is 31.4 Å². The van der Waals surface area contributed by atoms with E-state index in [1.165, 1.54) is 14.2 Å². The monoisotopic (exact) mass is 265 g/mol. The van der Waals surface area contributed by atoms with Gasteiger partial charge in [-0.25, -0.2) is 0 Å². The third kappa shape index (κ3) is 2.81. The second kappa shape index (κ2) is 5.93. The molecule has 0 bridgehead atoms. The fourth-order valence-electron chi connectivity index (χ4n) is 2.42. The third-order valence-electron chi connectivity index (χ3n) is 3.45. The van der Waals surface area contributed by atoms with E-state index in [9.17, 15) is 9.90 Å². The van der Waals surface area contributed by atoms with E-state index in [1.54, 1.807) is 18.2 Å². The zero-order chi connectivity index (χ0) is 13.8. The third-order valence-corrected chi connectivity index (χ3v) is 3.45. The molecule has 0 spiro atoms. The van der Waals surface area contributed by atoms with Crippen LogP contribution in [0.1, 0.15) is 29.6 Å². The molecule has 0 saturated heterocycles. The van der Waals surface area contributed by atoms with Crippen LogP contribution in [0.5, 0.6) is 11.5 Å². The van der Waals surface area contributed by atoms with Crippen molar-refractivity contribution in [2.45, 2.75) is 31.4 Å². The molecule has 2 rings (SSSR count). The summed E-state index contributed by atoms with van der Waals surface area (Å²) in [4.78, 5) is 12.3. The van der Waals surface area contributed by atoms with E-state index in [4.69, 9.17) is 9.47 Å². The summed E-state index contributed by atoms with van der Waals surface area (Å²) >= 11 is 0. The number of carbonyl (C=O) groups excluding carboxylic acids is 1. The van der Waals surface area contributed by atoms with Crippen LogP contribution in [0.2, 0.25) is 0 Å². The maximum atomic E-state index is 12.3. The number of rotatable bonds is 4. The number of amides is 1. The molecule has 1 aromatic carbocycles. The van der Waals surface area contributed by atoms with Crippen molar-refractivity contribution in [3.63, 3.8) is 0 Å². The topological polar surface area (TPSA) is 67.8 Å². The van der Waals surface area contributed by atoms with Crippen molar-refractivity contribution in [2.24, 2.45) is 0 Å². The fourth-order valence-corrected chi connectivity index (χ4v) is 2.42. The zero-order valence-electron chi connectivity index (χ0n) is 11.2. The number of methoxy groups -OCH3 is 2. The minimum atomic E-state index is -0.468. The Morgan fingerprint density at radius 3 is 2.37 bits per heavy atom. The largest absolute Gasteiger partial charge is 0.496 e. The minimum Gasteiger partial charge on any atom is -0.496 e. The molecule has 5 nitrogen and oxygen atoms in total. The van der Waals surface area contributed by atoms with Gasteiger partial charge in [0.2, 0.25) is 0 Å². The van der Waals surface area contributed by atoms with Gasteiger partial charge in [0.05, 0.1) is 26.4 Å². The molecule has 0 aromatic heterocycles. The Hall–Kier alpha value is -1.75. The van der Waals surface area contributed by atoms with E-state index in [2.05, 4.69) is 5.32 Å². The van der Waals surface area contributed by atoms with Crippen LogP contribution in [0, 0.1) is 0 Å². The first kappa shape index (κ1) is 13.7. The van der Waals surface area contributed by atoms with Gasteiger partial charge in [-0.3, -0.25) is 4.79 Å². The van der Waals surface area contributed by atoms with E-state index >= 15 is 0 Å². The SMILES string of the molecule is COc1cccc(OC)c1C(=O)NC1CCCC1O. The van der Waals surface area contributed by atoms with Crippen LogP contribution < -0.4 is 14.8 Å². The number of benzene rings is 1. The molecule has 1 fully saturated rings. The smallest absolute Gasteiger partial charge is 0.259 e. The van der Waals surface area contributed by atoms with Crippen molar-refractivity contribution >= 4 is 5.91 Å². The van der Waals surface area contributed by atoms with Crippen LogP contribution in [0.3, 0.4) is 0 Å². The van der Waals surface area contributed by atoms with Crippen molar-refractivity contribution in [3.8, 4) is 11.5 Å². The number of nitrogens with one attached hydrogen (secondary N) is 1. The molecule has 0 radical (unpaired) electrons. The number of hydrogen-bond donors (Lipinski definition) is 2. The van der Waals surface area contributed by atoms with Crippen molar-refractivity contribution < 1.29 is 19.4 Å². The lowest BCUT2D eigenvalue weighted by Gasteiger charge is -2.18. The number of hydrogen-bond acceptors (Lipinski definition) is 4. The quantitative estimate of drug-likeness (QED) is 0.862. The fraction of sp³-hybridized carbons (Fsp3) is 0.500. The van der Waals surface area contributed by atoms with Crippen LogP contribution in [-0.2, 0) is 0 Å². The first-order chi connectivity index (χ1) is 9.17. The van der Waals surface area contributed by atoms with E-state index in [1.807, 2.05) is 0 Å². The first-order valence-corrected chi connectivity index (χ1v) is 6.37. The normalized spacial score (nSPS) is 22.1. The summed E-state index contributed by atoms with van der Waals surface area (Å²) < 4.78 is 10.4. The van der Waals surface area contributed by atoms with Gasteiger partial charge in [0, 0.05) is 0 Å². The lowest BCUT2D eigenvalue weighted by Crippen LogP contribution is -2.40. The number of carbonyl (C=O) groups is 1. The Labute approximate surface area is 112 Å². The van der Waals surface area contributed by atoms with Crippen LogP contribution in [0.4, 0.5) is 0 Å². The number of aliphatic hydroxyl groups excluding tert-OH is 1. The summed E-state index contributed by atoms with van der Waals surface area (Å²) in [6.07, 6.45) is 1.98. The van der Waals surface area contributed by atoms with Crippen molar-refractivity contribution in [1.82, 2.24) is 5.32 Å². The molecule has 1 aliphatic rings. The van der Waals surface area contributed by atoms with Gasteiger partial charge in [0.1, 0.15) is 17.1 Å². The molecule has 19 heavy (non-hydrogen) atoms. The van der Waals surface area contributed by atoms with Crippen molar-refractivity contribution in [3.05, 3.63) is 23.8 Å². The van der Waals surface area contributed by atoms with E-state index in [0.717, 1.165) is 19.3 Å². The predicted octanol–water partition coefficient (Wildman–Crippen LogP) is 1.35. The van der Waals surface area contributed by atoms with Crippen LogP contribution in [0.25, 0.3) is 0 Å². The molecular weight excluding hydrogens is 246 g/mol. The highest BCUT2D eigenvalue weighted by Gasteiger charge is 2.28. The molecular formula is C14H19NO4. The van der Waals surface area contributed by atoms with Gasteiger partial charge in [-0.2, -0.15) is 0 Å². The summed E-state index contributed by atoms with van der Waals surface area (Å²) in [6.45, 7) is 0. The maximum absolute atomic E-state index is 12.3. The zero-order valence-corrected chi connectivity index (χ0v) is 11.2. The Bertz CT molecular complexity index is 439. The van der Waals surface area contributed by atoms with Crippen molar-refractivity contribution in [2.75, 3.05) is 14.2 Å². The molecule has 1 amide bonds. The van der Waals surface area contributed by atoms with Crippen LogP contribution in [-0.4, -0.2) is 37.4 Å². The standard InChI is InChI=1S/C14H19NO4/c1-18-11-7-4-8-12(19-2)13(11)14(17)15-9-5-3-6-10(9)16/h4,7-10,16H,3,5-6H2,1-2H3,(H,15,17). The molecule has 1 saturated carbocycles. The molecule has 2 atom stereocenters. The Morgan fingerprint density at radius 2 is 1.89 bits per heavy atom. The van der Waals surface area contributed by atoms with Crippen LogP contribution >= 0.6 is 0 Å². The Balaban J connectivity index is 2.22. The maximum Gasteiger partial charge on any atom is 0.259 e. The highest BCUT2D eigenvalue weighted by molar-refractivity contribution is 5.99. The van der Waals surface area contributed by atoms with Gasteiger partial charge in [-0.15, -0.1) is 0 Å². The molecule has 1 aromatic rings. The average molecular weight is 265 g/mol. The lowest BCUT2D eigenvalue weighted by atomic mass is 10.1. The van der Waals surface area contributed by atoms with Gasteiger partial charge in [-0.1, -0.05) is 6.07 Å². The van der Waals surface area contributed by atoms with Gasteiger partial charge >= 0.3 is 0 Å².